The van der Waals surface area contributed by atoms with Crippen molar-refractivity contribution < 1.29 is 9.66 Å². The number of thioether (sulfide) groups is 2. The van der Waals surface area contributed by atoms with Crippen molar-refractivity contribution in [1.29, 1.82) is 0 Å². The van der Waals surface area contributed by atoms with Gasteiger partial charge in [0, 0.05) is 30.1 Å². The molecular weight excluding hydrogens is 422 g/mol. The number of nitrogens with zero attached hydrogens (tertiary/aromatic N) is 3. The van der Waals surface area contributed by atoms with Gasteiger partial charge in [0.2, 0.25) is 0 Å². The molecule has 2 aromatic carbocycles. The third-order valence-electron chi connectivity index (χ3n) is 4.59. The van der Waals surface area contributed by atoms with Gasteiger partial charge in [-0.05, 0) is 36.8 Å². The molecule has 7 nitrogen and oxygen atoms in total. The smallest absolute Gasteiger partial charge is 0.272 e. The van der Waals surface area contributed by atoms with Crippen LogP contribution in [-0.4, -0.2) is 26.8 Å². The van der Waals surface area contributed by atoms with Crippen molar-refractivity contribution in [2.24, 2.45) is 0 Å². The Morgan fingerprint density at radius 2 is 1.93 bits per heavy atom. The summed E-state index contributed by atoms with van der Waals surface area (Å²) in [5.41, 5.74) is 2.50. The monoisotopic (exact) mass is 441 g/mol. The van der Waals surface area contributed by atoms with Crippen LogP contribution in [0.2, 0.25) is 0 Å². The molecule has 30 heavy (non-hydrogen) atoms. The minimum atomic E-state index is -0.416. The van der Waals surface area contributed by atoms with Gasteiger partial charge < -0.3 is 4.74 Å². The fraction of sp³-hybridized carbons (Fsp3) is 0.238. The quantitative estimate of drug-likeness (QED) is 0.231. The molecule has 3 aromatic rings. The van der Waals surface area contributed by atoms with E-state index in [0.717, 1.165) is 34.9 Å². The number of fused-ring (bicyclic) bond motifs is 1. The van der Waals surface area contributed by atoms with Crippen molar-refractivity contribution in [1.82, 2.24) is 9.55 Å². The highest BCUT2D eigenvalue weighted by molar-refractivity contribution is 7.99. The molecule has 0 bridgehead atoms. The Bertz CT molecular complexity index is 1130. The SMILES string of the molecule is CCOc1ccc(-n2c(SCc3ccc([N+](=O)[O-])cc3)nc3c(c2=O)SCC3)cc1. The van der Waals surface area contributed by atoms with Gasteiger partial charge in [-0.15, -0.1) is 11.8 Å². The van der Waals surface area contributed by atoms with Crippen molar-refractivity contribution in [3.63, 3.8) is 0 Å². The van der Waals surface area contributed by atoms with E-state index in [2.05, 4.69) is 0 Å². The number of non-ortho nitro benzene ring substituents is 1. The van der Waals surface area contributed by atoms with Crippen LogP contribution >= 0.6 is 23.5 Å². The number of aryl methyl sites for hydroxylation is 1. The molecule has 0 saturated carbocycles. The first-order valence-corrected chi connectivity index (χ1v) is 11.4. The average Bonchev–Trinajstić information content (AvgIpc) is 3.23. The van der Waals surface area contributed by atoms with Gasteiger partial charge in [-0.2, -0.15) is 0 Å². The second-order valence-electron chi connectivity index (χ2n) is 6.55. The lowest BCUT2D eigenvalue weighted by atomic mass is 10.2. The van der Waals surface area contributed by atoms with E-state index < -0.39 is 4.92 Å². The van der Waals surface area contributed by atoms with Crippen LogP contribution in [0.15, 0.2) is 63.4 Å². The van der Waals surface area contributed by atoms with Crippen LogP contribution in [0.4, 0.5) is 5.69 Å². The normalized spacial score (nSPS) is 12.6. The first-order valence-electron chi connectivity index (χ1n) is 9.45. The third-order valence-corrected chi connectivity index (χ3v) is 6.70. The van der Waals surface area contributed by atoms with Crippen LogP contribution in [0.25, 0.3) is 5.69 Å². The van der Waals surface area contributed by atoms with Crippen molar-refractivity contribution in [3.8, 4) is 11.4 Å². The molecule has 0 fully saturated rings. The molecule has 9 heteroatoms. The Morgan fingerprint density at radius 3 is 2.60 bits per heavy atom. The summed E-state index contributed by atoms with van der Waals surface area (Å²) in [7, 11) is 0. The number of aromatic nitrogens is 2. The Kier molecular flexibility index (Phi) is 6.10. The van der Waals surface area contributed by atoms with Gasteiger partial charge in [0.25, 0.3) is 11.2 Å². The van der Waals surface area contributed by atoms with Crippen LogP contribution in [0.3, 0.4) is 0 Å². The summed E-state index contributed by atoms with van der Waals surface area (Å²) in [6.07, 6.45) is 0.782. The lowest BCUT2D eigenvalue weighted by Crippen LogP contribution is -2.23. The summed E-state index contributed by atoms with van der Waals surface area (Å²) in [5.74, 6) is 2.16. The molecule has 0 saturated heterocycles. The van der Waals surface area contributed by atoms with E-state index in [1.807, 2.05) is 31.2 Å². The Balaban J connectivity index is 1.67. The van der Waals surface area contributed by atoms with E-state index in [1.54, 1.807) is 28.5 Å². The van der Waals surface area contributed by atoms with E-state index in [1.165, 1.54) is 23.9 Å². The maximum absolute atomic E-state index is 13.2. The van der Waals surface area contributed by atoms with Crippen LogP contribution in [0.5, 0.6) is 5.75 Å². The Labute approximate surface area is 181 Å². The predicted octanol–water partition coefficient (Wildman–Crippen LogP) is 4.48. The molecule has 2 heterocycles. The van der Waals surface area contributed by atoms with Gasteiger partial charge >= 0.3 is 0 Å². The number of nitro groups is 1. The molecule has 0 radical (unpaired) electrons. The highest BCUT2D eigenvalue weighted by atomic mass is 32.2. The van der Waals surface area contributed by atoms with Gasteiger partial charge in [0.05, 0.1) is 27.8 Å². The number of benzene rings is 2. The van der Waals surface area contributed by atoms with E-state index in [9.17, 15) is 14.9 Å². The van der Waals surface area contributed by atoms with Crippen molar-refractivity contribution in [2.45, 2.75) is 29.1 Å². The number of ether oxygens (including phenoxy) is 1. The molecule has 0 unspecified atom stereocenters. The fourth-order valence-corrected chi connectivity index (χ4v) is 5.15. The molecule has 1 aliphatic rings. The van der Waals surface area contributed by atoms with Crippen LogP contribution in [-0.2, 0) is 12.2 Å². The zero-order valence-corrected chi connectivity index (χ0v) is 17.9. The van der Waals surface area contributed by atoms with Gasteiger partial charge in [-0.25, -0.2) is 4.98 Å². The van der Waals surface area contributed by atoms with Gasteiger partial charge in [0.15, 0.2) is 5.16 Å². The van der Waals surface area contributed by atoms with Crippen molar-refractivity contribution >= 4 is 29.2 Å². The standard InChI is InChI=1S/C21H19N3O4S2/c1-2-28-17-9-7-15(8-10-17)23-20(25)19-18(11-12-29-19)22-21(23)30-13-14-3-5-16(6-4-14)24(26)27/h3-10H,2,11-13H2,1H3. The zero-order chi connectivity index (χ0) is 21.1. The lowest BCUT2D eigenvalue weighted by molar-refractivity contribution is -0.384. The fourth-order valence-electron chi connectivity index (χ4n) is 3.14. The topological polar surface area (TPSA) is 87.3 Å². The van der Waals surface area contributed by atoms with Crippen LogP contribution < -0.4 is 10.3 Å². The largest absolute Gasteiger partial charge is 0.494 e. The van der Waals surface area contributed by atoms with Gasteiger partial charge in [0.1, 0.15) is 5.75 Å². The zero-order valence-electron chi connectivity index (χ0n) is 16.2. The number of rotatable bonds is 7. The van der Waals surface area contributed by atoms with E-state index in [0.29, 0.717) is 22.4 Å². The molecular formula is C21H19N3O4S2. The summed E-state index contributed by atoms with van der Waals surface area (Å²) in [4.78, 5) is 29.1. The summed E-state index contributed by atoms with van der Waals surface area (Å²) in [6.45, 7) is 2.50. The summed E-state index contributed by atoms with van der Waals surface area (Å²) in [5, 5.41) is 11.5. The minimum Gasteiger partial charge on any atom is -0.494 e. The summed E-state index contributed by atoms with van der Waals surface area (Å²) >= 11 is 2.99. The molecule has 1 aromatic heterocycles. The average molecular weight is 442 g/mol. The molecule has 0 N–H and O–H groups in total. The molecule has 0 spiro atoms. The third kappa shape index (κ3) is 4.22. The highest BCUT2D eigenvalue weighted by Crippen LogP contribution is 2.31. The number of nitro benzene ring substituents is 1. The first-order chi connectivity index (χ1) is 14.6. The Morgan fingerprint density at radius 1 is 1.20 bits per heavy atom. The maximum atomic E-state index is 13.2. The summed E-state index contributed by atoms with van der Waals surface area (Å²) in [6, 6.07) is 13.8. The Hall–Kier alpha value is -2.78. The van der Waals surface area contributed by atoms with Crippen molar-refractivity contribution in [3.05, 3.63) is 80.3 Å². The van der Waals surface area contributed by atoms with E-state index in [4.69, 9.17) is 9.72 Å². The maximum Gasteiger partial charge on any atom is 0.272 e. The van der Waals surface area contributed by atoms with Crippen LogP contribution in [0, 0.1) is 10.1 Å². The number of hydrogen-bond donors (Lipinski definition) is 0. The molecule has 0 aliphatic carbocycles. The molecule has 0 amide bonds. The van der Waals surface area contributed by atoms with Crippen LogP contribution in [0.1, 0.15) is 18.2 Å². The molecule has 4 rings (SSSR count). The molecule has 154 valence electrons. The second kappa shape index (κ2) is 8.93. The minimum absolute atomic E-state index is 0.0575. The lowest BCUT2D eigenvalue weighted by Gasteiger charge is -2.14. The first kappa shape index (κ1) is 20.5. The second-order valence-corrected chi connectivity index (χ2v) is 8.60. The van der Waals surface area contributed by atoms with E-state index >= 15 is 0 Å². The van der Waals surface area contributed by atoms with Gasteiger partial charge in [-0.1, -0.05) is 23.9 Å². The molecule has 1 aliphatic heterocycles. The predicted molar refractivity (Wildman–Crippen MR) is 118 cm³/mol. The molecule has 0 atom stereocenters. The highest BCUT2D eigenvalue weighted by Gasteiger charge is 2.22. The number of hydrogen-bond acceptors (Lipinski definition) is 7. The summed E-state index contributed by atoms with van der Waals surface area (Å²) < 4.78 is 7.14. The van der Waals surface area contributed by atoms with Gasteiger partial charge in [-0.3, -0.25) is 19.5 Å². The van der Waals surface area contributed by atoms with Crippen molar-refractivity contribution in [2.75, 3.05) is 12.4 Å². The van der Waals surface area contributed by atoms with E-state index in [-0.39, 0.29) is 11.2 Å².